The first-order valence-electron chi connectivity index (χ1n) is 6.94. The molecule has 1 rings (SSSR count). The van der Waals surface area contributed by atoms with Crippen LogP contribution in [0.2, 0.25) is 0 Å². The lowest BCUT2D eigenvalue weighted by atomic mass is 10.2. The first kappa shape index (κ1) is 17.3. The normalized spacial score (nSPS) is 10.7. The summed E-state index contributed by atoms with van der Waals surface area (Å²) in [6.45, 7) is 4.90. The Kier molecular flexibility index (Phi) is 7.63. The Balaban J connectivity index is 2.50. The Hall–Kier alpha value is -1.73. The van der Waals surface area contributed by atoms with Gasteiger partial charge in [-0.1, -0.05) is 0 Å². The van der Waals surface area contributed by atoms with Crippen molar-refractivity contribution in [1.82, 2.24) is 15.2 Å². The van der Waals surface area contributed by atoms with Gasteiger partial charge in [-0.25, -0.2) is 9.37 Å². The second kappa shape index (κ2) is 9.25. The second-order valence-electron chi connectivity index (χ2n) is 4.60. The minimum absolute atomic E-state index is 0.000458. The Labute approximate surface area is 124 Å². The Morgan fingerprint density at radius 2 is 2.24 bits per heavy atom. The van der Waals surface area contributed by atoms with Gasteiger partial charge in [0.25, 0.3) is 5.91 Å². The molecule has 0 saturated carbocycles. The molecule has 2 N–H and O–H groups in total. The largest absolute Gasteiger partial charge is 0.383 e. The minimum Gasteiger partial charge on any atom is -0.383 e. The van der Waals surface area contributed by atoms with E-state index in [0.29, 0.717) is 26.2 Å². The van der Waals surface area contributed by atoms with Gasteiger partial charge in [-0.3, -0.25) is 4.79 Å². The average Bonchev–Trinajstić information content (AvgIpc) is 2.47. The van der Waals surface area contributed by atoms with Crippen molar-refractivity contribution < 1.29 is 13.9 Å². The van der Waals surface area contributed by atoms with Crippen LogP contribution >= 0.6 is 0 Å². The van der Waals surface area contributed by atoms with E-state index >= 15 is 0 Å². The summed E-state index contributed by atoms with van der Waals surface area (Å²) in [5.74, 6) is -0.957. The Bertz CT molecular complexity index is 457. The third-order valence-electron chi connectivity index (χ3n) is 2.93. The monoisotopic (exact) mass is 298 g/mol. The number of carbonyl (C=O) groups is 1. The lowest BCUT2D eigenvalue weighted by molar-refractivity contribution is 0.0943. The fourth-order valence-electron chi connectivity index (χ4n) is 1.72. The molecule has 0 spiro atoms. The number of pyridine rings is 1. The molecule has 1 amide bonds. The maximum atomic E-state index is 14.0. The second-order valence-corrected chi connectivity index (χ2v) is 4.60. The van der Waals surface area contributed by atoms with E-state index in [0.717, 1.165) is 6.54 Å². The average molecular weight is 298 g/mol. The zero-order valence-corrected chi connectivity index (χ0v) is 12.8. The highest BCUT2D eigenvalue weighted by atomic mass is 19.1. The van der Waals surface area contributed by atoms with Crippen molar-refractivity contribution in [1.29, 1.82) is 0 Å². The predicted molar refractivity (Wildman–Crippen MR) is 80.1 cm³/mol. The van der Waals surface area contributed by atoms with E-state index in [1.54, 1.807) is 7.11 Å². The van der Waals surface area contributed by atoms with E-state index in [4.69, 9.17) is 4.74 Å². The first-order chi connectivity index (χ1) is 10.1. The SMILES string of the molecule is CCNc1nccc(C(=O)NCCN(C)CCOC)c1F. The summed E-state index contributed by atoms with van der Waals surface area (Å²) in [5.41, 5.74) is 0.000458. The van der Waals surface area contributed by atoms with Gasteiger partial charge in [-0.05, 0) is 20.0 Å². The molecule has 0 atom stereocenters. The van der Waals surface area contributed by atoms with Gasteiger partial charge in [-0.2, -0.15) is 0 Å². The molecule has 7 heteroatoms. The number of hydrogen-bond acceptors (Lipinski definition) is 5. The lowest BCUT2D eigenvalue weighted by Crippen LogP contribution is -2.34. The predicted octanol–water partition coefficient (Wildman–Crippen LogP) is 0.960. The number of nitrogens with one attached hydrogen (secondary N) is 2. The van der Waals surface area contributed by atoms with Crippen molar-refractivity contribution >= 4 is 11.7 Å². The summed E-state index contributed by atoms with van der Waals surface area (Å²) in [6, 6.07) is 1.38. The molecule has 0 unspecified atom stereocenters. The smallest absolute Gasteiger partial charge is 0.254 e. The maximum absolute atomic E-state index is 14.0. The lowest BCUT2D eigenvalue weighted by Gasteiger charge is -2.16. The van der Waals surface area contributed by atoms with Crippen molar-refractivity contribution in [2.75, 3.05) is 52.3 Å². The number of hydrogen-bond donors (Lipinski definition) is 2. The van der Waals surface area contributed by atoms with Gasteiger partial charge in [0.2, 0.25) is 0 Å². The Morgan fingerprint density at radius 3 is 2.90 bits per heavy atom. The van der Waals surface area contributed by atoms with Crippen LogP contribution in [0.25, 0.3) is 0 Å². The van der Waals surface area contributed by atoms with Crippen molar-refractivity contribution in [3.63, 3.8) is 0 Å². The summed E-state index contributed by atoms with van der Waals surface area (Å²) in [6.07, 6.45) is 1.42. The number of halogens is 1. The topological polar surface area (TPSA) is 66.5 Å². The number of likely N-dealkylation sites (N-methyl/N-ethyl adjacent to an activating group) is 1. The summed E-state index contributed by atoms with van der Waals surface area (Å²) < 4.78 is 19.0. The van der Waals surface area contributed by atoms with E-state index < -0.39 is 11.7 Å². The van der Waals surface area contributed by atoms with Gasteiger partial charge in [0, 0.05) is 39.5 Å². The van der Waals surface area contributed by atoms with Crippen LogP contribution in [-0.4, -0.2) is 62.7 Å². The molecule has 0 aliphatic heterocycles. The van der Waals surface area contributed by atoms with Crippen LogP contribution in [0, 0.1) is 5.82 Å². The summed E-state index contributed by atoms with van der Waals surface area (Å²) >= 11 is 0. The summed E-state index contributed by atoms with van der Waals surface area (Å²) in [5, 5.41) is 5.48. The molecule has 0 aliphatic carbocycles. The van der Waals surface area contributed by atoms with E-state index in [-0.39, 0.29) is 11.4 Å². The molecule has 1 aromatic rings. The van der Waals surface area contributed by atoms with Gasteiger partial charge < -0.3 is 20.3 Å². The molecule has 0 saturated heterocycles. The van der Waals surface area contributed by atoms with Crippen molar-refractivity contribution in [2.45, 2.75) is 6.92 Å². The van der Waals surface area contributed by atoms with Crippen LogP contribution in [-0.2, 0) is 4.74 Å². The zero-order valence-electron chi connectivity index (χ0n) is 12.8. The summed E-state index contributed by atoms with van der Waals surface area (Å²) in [7, 11) is 3.57. The van der Waals surface area contributed by atoms with E-state index in [9.17, 15) is 9.18 Å². The van der Waals surface area contributed by atoms with Gasteiger partial charge in [0.15, 0.2) is 11.6 Å². The summed E-state index contributed by atoms with van der Waals surface area (Å²) in [4.78, 5) is 17.9. The molecule has 0 bridgehead atoms. The maximum Gasteiger partial charge on any atom is 0.254 e. The molecule has 0 aromatic carbocycles. The third kappa shape index (κ3) is 5.65. The zero-order chi connectivity index (χ0) is 15.7. The molecule has 0 aliphatic rings. The first-order valence-corrected chi connectivity index (χ1v) is 6.94. The Morgan fingerprint density at radius 1 is 1.48 bits per heavy atom. The standard InChI is InChI=1S/C14H23FN4O2/c1-4-16-13-12(15)11(5-6-17-13)14(20)18-7-8-19(2)9-10-21-3/h5-6H,4,7-10H2,1-3H3,(H,16,17)(H,18,20). The number of rotatable bonds is 9. The minimum atomic E-state index is -0.621. The van der Waals surface area contributed by atoms with Gasteiger partial charge in [-0.15, -0.1) is 0 Å². The number of carbonyl (C=O) groups excluding carboxylic acids is 1. The van der Waals surface area contributed by atoms with Crippen LogP contribution in [0.5, 0.6) is 0 Å². The molecular formula is C14H23FN4O2. The van der Waals surface area contributed by atoms with Crippen molar-refractivity contribution in [2.24, 2.45) is 0 Å². The van der Waals surface area contributed by atoms with E-state index in [1.807, 2.05) is 18.9 Å². The van der Waals surface area contributed by atoms with Crippen LogP contribution in [0.1, 0.15) is 17.3 Å². The fourth-order valence-corrected chi connectivity index (χ4v) is 1.72. The highest BCUT2D eigenvalue weighted by molar-refractivity contribution is 5.95. The van der Waals surface area contributed by atoms with Crippen molar-refractivity contribution in [3.05, 3.63) is 23.6 Å². The highest BCUT2D eigenvalue weighted by Crippen LogP contribution is 2.14. The van der Waals surface area contributed by atoms with Gasteiger partial charge in [0.1, 0.15) is 0 Å². The van der Waals surface area contributed by atoms with Gasteiger partial charge >= 0.3 is 0 Å². The van der Waals surface area contributed by atoms with Crippen LogP contribution < -0.4 is 10.6 Å². The van der Waals surface area contributed by atoms with Crippen LogP contribution in [0.15, 0.2) is 12.3 Å². The molecular weight excluding hydrogens is 275 g/mol. The molecule has 0 fully saturated rings. The number of aromatic nitrogens is 1. The number of amides is 1. The number of ether oxygens (including phenoxy) is 1. The van der Waals surface area contributed by atoms with E-state index in [2.05, 4.69) is 15.6 Å². The van der Waals surface area contributed by atoms with Crippen molar-refractivity contribution in [3.8, 4) is 0 Å². The van der Waals surface area contributed by atoms with Crippen LogP contribution in [0.4, 0.5) is 10.2 Å². The molecule has 21 heavy (non-hydrogen) atoms. The molecule has 1 aromatic heterocycles. The quantitative estimate of drug-likeness (QED) is 0.711. The fraction of sp³-hybridized carbons (Fsp3) is 0.571. The number of nitrogens with zero attached hydrogens (tertiary/aromatic N) is 2. The molecule has 0 radical (unpaired) electrons. The number of methoxy groups -OCH3 is 1. The molecule has 6 nitrogen and oxygen atoms in total. The highest BCUT2D eigenvalue weighted by Gasteiger charge is 2.15. The van der Waals surface area contributed by atoms with E-state index in [1.165, 1.54) is 12.3 Å². The van der Waals surface area contributed by atoms with Gasteiger partial charge in [0.05, 0.1) is 12.2 Å². The third-order valence-corrected chi connectivity index (χ3v) is 2.93. The molecule has 1 heterocycles. The molecule has 118 valence electrons. The van der Waals surface area contributed by atoms with Crippen LogP contribution in [0.3, 0.4) is 0 Å². The number of anilines is 1.